The van der Waals surface area contributed by atoms with Gasteiger partial charge in [0.05, 0.1) is 18.0 Å². The molecular formula is C21H21ClN2O4S. The lowest BCUT2D eigenvalue weighted by atomic mass is 10.2. The molecule has 1 fully saturated rings. The number of carbonyl (C=O) groups excluding carboxylic acids is 3. The van der Waals surface area contributed by atoms with Crippen molar-refractivity contribution in [2.45, 2.75) is 25.0 Å². The molecule has 1 aliphatic rings. The van der Waals surface area contributed by atoms with Gasteiger partial charge < -0.3 is 10.1 Å². The van der Waals surface area contributed by atoms with Crippen LogP contribution in [0.4, 0.5) is 11.4 Å². The monoisotopic (exact) mass is 432 g/mol. The van der Waals surface area contributed by atoms with Gasteiger partial charge >= 0.3 is 0 Å². The van der Waals surface area contributed by atoms with Gasteiger partial charge in [-0.05, 0) is 55.0 Å². The van der Waals surface area contributed by atoms with E-state index in [1.54, 1.807) is 49.6 Å². The Balaban J connectivity index is 1.52. The summed E-state index contributed by atoms with van der Waals surface area (Å²) in [6.45, 7) is 1.87. The number of thioether (sulfide) groups is 1. The number of hydrogen-bond donors (Lipinski definition) is 1. The van der Waals surface area contributed by atoms with Crippen molar-refractivity contribution in [3.63, 3.8) is 0 Å². The predicted molar refractivity (Wildman–Crippen MR) is 116 cm³/mol. The molecule has 1 aliphatic heterocycles. The number of imide groups is 1. The van der Waals surface area contributed by atoms with Gasteiger partial charge in [-0.2, -0.15) is 0 Å². The average molecular weight is 433 g/mol. The molecule has 0 spiro atoms. The number of rotatable bonds is 7. The molecule has 0 aromatic heterocycles. The van der Waals surface area contributed by atoms with Crippen molar-refractivity contribution in [3.05, 3.63) is 53.1 Å². The van der Waals surface area contributed by atoms with Gasteiger partial charge in [0, 0.05) is 29.3 Å². The number of carbonyl (C=O) groups is 3. The third kappa shape index (κ3) is 5.10. The van der Waals surface area contributed by atoms with Crippen LogP contribution >= 0.6 is 23.4 Å². The summed E-state index contributed by atoms with van der Waals surface area (Å²) < 4.78 is 5.10. The highest BCUT2D eigenvalue weighted by molar-refractivity contribution is 8.00. The first kappa shape index (κ1) is 21.2. The van der Waals surface area contributed by atoms with Crippen molar-refractivity contribution in [2.75, 3.05) is 23.1 Å². The van der Waals surface area contributed by atoms with Gasteiger partial charge in [-0.15, -0.1) is 11.8 Å². The molecule has 152 valence electrons. The van der Waals surface area contributed by atoms with Crippen LogP contribution in [0.2, 0.25) is 5.02 Å². The fourth-order valence-electron chi connectivity index (χ4n) is 3.01. The van der Waals surface area contributed by atoms with Crippen LogP contribution < -0.4 is 15.0 Å². The van der Waals surface area contributed by atoms with Crippen LogP contribution in [0, 0.1) is 6.92 Å². The lowest BCUT2D eigenvalue weighted by molar-refractivity contribution is -0.121. The van der Waals surface area contributed by atoms with E-state index in [0.717, 1.165) is 5.56 Å². The first-order chi connectivity index (χ1) is 13.9. The van der Waals surface area contributed by atoms with Crippen LogP contribution in [0.5, 0.6) is 5.75 Å². The Hall–Kier alpha value is -2.51. The van der Waals surface area contributed by atoms with Gasteiger partial charge in [0.25, 0.3) is 0 Å². The average Bonchev–Trinajstić information content (AvgIpc) is 2.97. The highest BCUT2D eigenvalue weighted by Crippen LogP contribution is 2.31. The van der Waals surface area contributed by atoms with Crippen LogP contribution in [0.15, 0.2) is 42.5 Å². The predicted octanol–water partition coefficient (Wildman–Crippen LogP) is 4.05. The van der Waals surface area contributed by atoms with Crippen molar-refractivity contribution < 1.29 is 19.1 Å². The number of aryl methyl sites for hydroxylation is 1. The molecule has 8 heteroatoms. The molecule has 1 atom stereocenters. The Bertz CT molecular complexity index is 933. The molecule has 2 aromatic carbocycles. The molecule has 0 radical (unpaired) electrons. The largest absolute Gasteiger partial charge is 0.497 e. The molecule has 0 unspecified atom stereocenters. The minimum atomic E-state index is -0.477. The fraction of sp³-hybridized carbons (Fsp3) is 0.286. The van der Waals surface area contributed by atoms with Crippen LogP contribution in [-0.4, -0.2) is 35.8 Å². The van der Waals surface area contributed by atoms with Crippen LogP contribution in [0.1, 0.15) is 18.4 Å². The zero-order valence-electron chi connectivity index (χ0n) is 16.1. The van der Waals surface area contributed by atoms with Gasteiger partial charge in [-0.25, -0.2) is 4.90 Å². The number of ether oxygens (including phenoxy) is 1. The molecule has 6 nitrogen and oxygen atoms in total. The zero-order chi connectivity index (χ0) is 21.0. The molecule has 0 saturated carbocycles. The smallest absolute Gasteiger partial charge is 0.247 e. The standard InChI is InChI=1S/C21H21ClN2O4S/c1-13-11-14(22)3-8-17(13)23-19(25)9-10-29-18-12-20(26)24(21(18)27)15-4-6-16(28-2)7-5-15/h3-8,11,18H,9-10,12H2,1-2H3,(H,23,25)/t18-/m0/s1. The van der Waals surface area contributed by atoms with E-state index < -0.39 is 5.25 Å². The highest BCUT2D eigenvalue weighted by atomic mass is 35.5. The van der Waals surface area contributed by atoms with Crippen molar-refractivity contribution >= 4 is 52.5 Å². The highest BCUT2D eigenvalue weighted by Gasteiger charge is 2.39. The summed E-state index contributed by atoms with van der Waals surface area (Å²) in [4.78, 5) is 38.4. The molecule has 2 aromatic rings. The lowest BCUT2D eigenvalue weighted by Gasteiger charge is -2.15. The third-order valence-corrected chi connectivity index (χ3v) is 5.99. The van der Waals surface area contributed by atoms with Crippen LogP contribution in [-0.2, 0) is 14.4 Å². The molecule has 3 amide bonds. The van der Waals surface area contributed by atoms with E-state index in [2.05, 4.69) is 5.32 Å². The molecule has 1 heterocycles. The summed E-state index contributed by atoms with van der Waals surface area (Å²) in [6.07, 6.45) is 0.376. The van der Waals surface area contributed by atoms with Crippen molar-refractivity contribution in [1.29, 1.82) is 0 Å². The van der Waals surface area contributed by atoms with Gasteiger partial charge in [0.15, 0.2) is 0 Å². The van der Waals surface area contributed by atoms with E-state index in [4.69, 9.17) is 16.3 Å². The van der Waals surface area contributed by atoms with Crippen LogP contribution in [0.3, 0.4) is 0 Å². The van der Waals surface area contributed by atoms with Gasteiger partial charge in [0.2, 0.25) is 17.7 Å². The number of halogens is 1. The minimum Gasteiger partial charge on any atom is -0.497 e. The quantitative estimate of drug-likeness (QED) is 0.668. The van der Waals surface area contributed by atoms with E-state index in [9.17, 15) is 14.4 Å². The Morgan fingerprint density at radius 3 is 2.62 bits per heavy atom. The minimum absolute atomic E-state index is 0.132. The fourth-order valence-corrected chi connectivity index (χ4v) is 4.33. The second-order valence-electron chi connectivity index (χ2n) is 6.59. The Labute approximate surface area is 178 Å². The second-order valence-corrected chi connectivity index (χ2v) is 8.33. The second kappa shape index (κ2) is 9.33. The van der Waals surface area contributed by atoms with E-state index >= 15 is 0 Å². The van der Waals surface area contributed by atoms with Crippen molar-refractivity contribution in [2.24, 2.45) is 0 Å². The topological polar surface area (TPSA) is 75.7 Å². The molecule has 1 N–H and O–H groups in total. The summed E-state index contributed by atoms with van der Waals surface area (Å²) in [5.74, 6) is 0.462. The number of methoxy groups -OCH3 is 1. The van der Waals surface area contributed by atoms with Crippen molar-refractivity contribution in [3.8, 4) is 5.75 Å². The summed E-state index contributed by atoms with van der Waals surface area (Å²) in [5, 5.41) is 2.98. The maximum atomic E-state index is 12.7. The normalized spacial score (nSPS) is 16.2. The van der Waals surface area contributed by atoms with Crippen molar-refractivity contribution in [1.82, 2.24) is 0 Å². The summed E-state index contributed by atoms with van der Waals surface area (Å²) in [5.41, 5.74) is 2.12. The summed E-state index contributed by atoms with van der Waals surface area (Å²) in [7, 11) is 1.55. The molecule has 0 aliphatic carbocycles. The van der Waals surface area contributed by atoms with Crippen LogP contribution in [0.25, 0.3) is 0 Å². The first-order valence-electron chi connectivity index (χ1n) is 9.07. The Morgan fingerprint density at radius 1 is 1.24 bits per heavy atom. The maximum Gasteiger partial charge on any atom is 0.247 e. The first-order valence-corrected chi connectivity index (χ1v) is 10.5. The molecule has 1 saturated heterocycles. The molecule has 3 rings (SSSR count). The summed E-state index contributed by atoms with van der Waals surface area (Å²) >= 11 is 7.25. The number of anilines is 2. The number of nitrogens with one attached hydrogen (secondary N) is 1. The third-order valence-electron chi connectivity index (χ3n) is 4.55. The number of hydrogen-bond acceptors (Lipinski definition) is 5. The molecule has 29 heavy (non-hydrogen) atoms. The van der Waals surface area contributed by atoms with E-state index in [1.807, 2.05) is 6.92 Å². The van der Waals surface area contributed by atoms with E-state index in [-0.39, 0.29) is 30.6 Å². The maximum absolute atomic E-state index is 12.7. The molecular weight excluding hydrogens is 412 g/mol. The molecule has 0 bridgehead atoms. The number of nitrogens with zero attached hydrogens (tertiary/aromatic N) is 1. The number of benzene rings is 2. The van der Waals surface area contributed by atoms with Gasteiger partial charge in [-0.1, -0.05) is 11.6 Å². The zero-order valence-corrected chi connectivity index (χ0v) is 17.7. The lowest BCUT2D eigenvalue weighted by Crippen LogP contribution is -2.31. The van der Waals surface area contributed by atoms with E-state index in [1.165, 1.54) is 16.7 Å². The summed E-state index contributed by atoms with van der Waals surface area (Å²) in [6, 6.07) is 12.0. The SMILES string of the molecule is COc1ccc(N2C(=O)C[C@H](SCCC(=O)Nc3ccc(Cl)cc3C)C2=O)cc1. The number of amides is 3. The van der Waals surface area contributed by atoms with E-state index in [0.29, 0.717) is 27.9 Å². The Morgan fingerprint density at radius 2 is 1.97 bits per heavy atom. The Kier molecular flexibility index (Phi) is 6.82. The van der Waals surface area contributed by atoms with Gasteiger partial charge in [0.1, 0.15) is 5.75 Å². The van der Waals surface area contributed by atoms with Gasteiger partial charge in [-0.3, -0.25) is 14.4 Å².